The Morgan fingerprint density at radius 2 is 1.30 bits per heavy atom. The number of nitrogens with zero attached hydrogens (tertiary/aromatic N) is 1. The minimum Gasteiger partial charge on any atom is -0.460 e. The molecule has 0 saturated carbocycles. The van der Waals surface area contributed by atoms with Crippen LogP contribution in [-0.2, 0) is 49.3 Å². The number of ether oxygens (including phenoxy) is 5. The normalized spacial score (nSPS) is 33.4. The van der Waals surface area contributed by atoms with Crippen LogP contribution in [0.15, 0.2) is 48.5 Å². The van der Waals surface area contributed by atoms with Crippen LogP contribution in [0.4, 0.5) is 5.69 Å². The molecule has 5 aliphatic heterocycles. The number of nitrogen functional groups attached to an aromatic ring is 1. The van der Waals surface area contributed by atoms with Gasteiger partial charge in [0.25, 0.3) is 0 Å². The molecule has 27 N–H and O–H groups in total. The maximum Gasteiger partial charge on any atom is 0.246 e. The number of guanidine groups is 2. The minimum atomic E-state index is -2.31. The number of carbonyl (C=O) groups is 4. The van der Waals surface area contributed by atoms with Crippen LogP contribution < -0.4 is 53.4 Å². The fourth-order valence-electron chi connectivity index (χ4n) is 10.6. The lowest BCUT2D eigenvalue weighted by Crippen LogP contribution is -2.69. The van der Waals surface area contributed by atoms with Crippen LogP contribution in [0.2, 0.25) is 0 Å². The number of benzene rings is 2. The number of carbonyl (C=O) groups excluding carboxylic acids is 5. The van der Waals surface area contributed by atoms with E-state index >= 15 is 0 Å². The van der Waals surface area contributed by atoms with Crippen molar-refractivity contribution < 1.29 is 119 Å². The summed E-state index contributed by atoms with van der Waals surface area (Å²) in [5, 5.41) is 183. The van der Waals surface area contributed by atoms with Gasteiger partial charge in [0.15, 0.2) is 24.4 Å². The number of nitrogens with two attached hydrogens (primary N) is 2. The first-order valence-corrected chi connectivity index (χ1v) is 27.8. The van der Waals surface area contributed by atoms with E-state index in [1.54, 1.807) is 37.3 Å². The first kappa shape index (κ1) is 68.9. The van der Waals surface area contributed by atoms with Gasteiger partial charge in [0.05, 0.1) is 50.2 Å². The van der Waals surface area contributed by atoms with E-state index in [2.05, 4.69) is 37.2 Å². The van der Waals surface area contributed by atoms with Gasteiger partial charge in [0.2, 0.25) is 36.2 Å². The van der Waals surface area contributed by atoms with Gasteiger partial charge in [-0.05, 0) is 23.3 Å². The first-order chi connectivity index (χ1) is 41.8. The largest absolute Gasteiger partial charge is 0.460 e. The quantitative estimate of drug-likeness (QED) is 0.0389. The lowest BCUT2D eigenvalue weighted by Gasteiger charge is -2.46. The molecule has 5 fully saturated rings. The molecule has 36 nitrogen and oxygen atoms in total. The minimum absolute atomic E-state index is 0.142. The van der Waals surface area contributed by atoms with Crippen LogP contribution in [-0.4, -0.2) is 304 Å². The summed E-state index contributed by atoms with van der Waals surface area (Å²) in [4.78, 5) is 70.6. The second-order valence-corrected chi connectivity index (χ2v) is 21.7. The van der Waals surface area contributed by atoms with E-state index < -0.39 is 221 Å². The highest BCUT2D eigenvalue weighted by Crippen LogP contribution is 2.33. The third kappa shape index (κ3) is 15.3. The number of amides is 4. The van der Waals surface area contributed by atoms with Gasteiger partial charge < -0.3 is 149 Å². The molecule has 36 heteroatoms. The van der Waals surface area contributed by atoms with Crippen LogP contribution >= 0.6 is 0 Å². The van der Waals surface area contributed by atoms with Gasteiger partial charge >= 0.3 is 0 Å². The lowest BCUT2D eigenvalue weighted by atomic mass is 9.93. The van der Waals surface area contributed by atoms with E-state index in [0.717, 1.165) is 4.90 Å². The molecular formula is C52H77N12O24. The van der Waals surface area contributed by atoms with E-state index in [9.17, 15) is 95.5 Å². The van der Waals surface area contributed by atoms with Crippen LogP contribution in [0, 0.1) is 10.8 Å². The summed E-state index contributed by atoms with van der Waals surface area (Å²) in [6.07, 6.45) is -30.5. The SMILES string of the molecule is CC(c1ccccc1)C(N)C(=O)NC(Cc1ccc(OC2OC(CO)C(OC3OC(CO)C(O)C(O)C3O)C(O)C2O)c(N)c1)C(=O)NC(C(=O)NC(C(=O)NC([C]=O)CO)C(O)C1CNC(=N)N1C1OC(CO)C(O)C(O)C1O)C(O)C1CNC(=N)N1. The van der Waals surface area contributed by atoms with Crippen molar-refractivity contribution in [3.63, 3.8) is 0 Å². The van der Waals surface area contributed by atoms with Crippen molar-refractivity contribution in [2.45, 2.75) is 166 Å². The number of hydrogen-bond acceptors (Lipinski definition) is 28. The molecule has 25 unspecified atom stereocenters. The smallest absolute Gasteiger partial charge is 0.246 e. The van der Waals surface area contributed by atoms with Crippen molar-refractivity contribution in [3.8, 4) is 5.75 Å². The summed E-state index contributed by atoms with van der Waals surface area (Å²) in [7, 11) is 0. The molecule has 5 heterocycles. The number of nitrogens with one attached hydrogen (secondary N) is 9. The Hall–Kier alpha value is -6.63. The van der Waals surface area contributed by atoms with Crippen LogP contribution in [0.3, 0.4) is 0 Å². The van der Waals surface area contributed by atoms with Gasteiger partial charge in [0, 0.05) is 25.4 Å². The van der Waals surface area contributed by atoms with Crippen LogP contribution in [0.5, 0.6) is 5.75 Å². The molecule has 0 spiro atoms. The Morgan fingerprint density at radius 3 is 1.90 bits per heavy atom. The fourth-order valence-corrected chi connectivity index (χ4v) is 10.6. The van der Waals surface area contributed by atoms with Crippen LogP contribution in [0.1, 0.15) is 24.0 Å². The molecule has 0 aliphatic carbocycles. The van der Waals surface area contributed by atoms with Crippen molar-refractivity contribution in [1.82, 2.24) is 42.1 Å². The third-order valence-electron chi connectivity index (χ3n) is 15.9. The number of hydrogen-bond donors (Lipinski definition) is 25. The zero-order chi connectivity index (χ0) is 64.6. The van der Waals surface area contributed by atoms with Gasteiger partial charge in [0.1, 0.15) is 115 Å². The number of anilines is 1. The molecular weight excluding hydrogens is 1180 g/mol. The monoisotopic (exact) mass is 1250 g/mol. The van der Waals surface area contributed by atoms with E-state index in [-0.39, 0.29) is 29.5 Å². The summed E-state index contributed by atoms with van der Waals surface area (Å²) >= 11 is 0. The Morgan fingerprint density at radius 1 is 0.705 bits per heavy atom. The van der Waals surface area contributed by atoms with Crippen molar-refractivity contribution >= 4 is 47.5 Å². The van der Waals surface area contributed by atoms with Gasteiger partial charge in [-0.25, -0.2) is 0 Å². The average Bonchev–Trinajstić information content (AvgIpc) is 1.66. The summed E-state index contributed by atoms with van der Waals surface area (Å²) < 4.78 is 28.2. The maximum absolute atomic E-state index is 14.9. The van der Waals surface area contributed by atoms with Crippen molar-refractivity contribution in [2.24, 2.45) is 5.73 Å². The second-order valence-electron chi connectivity index (χ2n) is 21.7. The van der Waals surface area contributed by atoms with E-state index in [4.69, 9.17) is 46.0 Å². The fraction of sp³-hybridized carbons (Fsp3) is 0.635. The molecule has 2 aromatic rings. The predicted octanol–water partition coefficient (Wildman–Crippen LogP) is -12.8. The molecule has 1 radical (unpaired) electrons. The molecule has 0 bridgehead atoms. The average molecular weight is 1250 g/mol. The van der Waals surface area contributed by atoms with Crippen molar-refractivity contribution in [1.29, 1.82) is 10.8 Å². The Kier molecular flexibility index (Phi) is 23.7. The number of aliphatic hydroxyl groups excluding tert-OH is 14. The zero-order valence-corrected chi connectivity index (χ0v) is 46.9. The highest BCUT2D eigenvalue weighted by atomic mass is 16.7. The van der Waals surface area contributed by atoms with Crippen molar-refractivity contribution in [2.75, 3.05) is 45.3 Å². The summed E-state index contributed by atoms with van der Waals surface area (Å²) in [5.74, 6) is -6.86. The van der Waals surface area contributed by atoms with Crippen LogP contribution in [0.25, 0.3) is 0 Å². The van der Waals surface area contributed by atoms with Gasteiger partial charge in [-0.1, -0.05) is 43.3 Å². The summed E-state index contributed by atoms with van der Waals surface area (Å²) in [6, 6.07) is 0.0229. The molecule has 2 aromatic carbocycles. The van der Waals surface area contributed by atoms with Gasteiger partial charge in [-0.15, -0.1) is 0 Å². The summed E-state index contributed by atoms with van der Waals surface area (Å²) in [6.45, 7) is -2.75. The lowest BCUT2D eigenvalue weighted by molar-refractivity contribution is -0.352. The molecule has 88 heavy (non-hydrogen) atoms. The summed E-state index contributed by atoms with van der Waals surface area (Å²) in [5.41, 5.74) is 13.5. The van der Waals surface area contributed by atoms with E-state index in [1.807, 2.05) is 0 Å². The highest BCUT2D eigenvalue weighted by molar-refractivity contribution is 5.96. The molecule has 25 atom stereocenters. The highest BCUT2D eigenvalue weighted by Gasteiger charge is 2.54. The molecule has 4 amide bonds. The van der Waals surface area contributed by atoms with Gasteiger partial charge in [-0.3, -0.25) is 34.8 Å². The molecule has 5 aliphatic rings. The molecule has 7 rings (SSSR count). The van der Waals surface area contributed by atoms with Gasteiger partial charge in [-0.2, -0.15) is 0 Å². The zero-order valence-electron chi connectivity index (χ0n) is 46.9. The van der Waals surface area contributed by atoms with Crippen molar-refractivity contribution in [3.05, 3.63) is 59.7 Å². The number of rotatable bonds is 26. The standard InChI is InChI=1S/C52H77N12O24/c1-18(20-5-3-2-4-6-20)30(54)45(81)60-23(10-19-7-8-26(22(53)9-19)85-49-42(79)39(76)43(29(17-69)87-49)88-50-41(78)38(75)36(73)28(16-68)86-50)44(80)62-31(33(70)24-11-57-51(55)61-24)47(83)63-32(46(82)59-21(13-65)14-66)34(71)25-12-58-52(56)64(25)48-40(77)37(74)35(72)27(15-67)84-48/h2-9,18,21,23-25,27-43,48-50,65,67-79H,10-13,15-17,53-54H2,1H3,(H2,56,58)(H,59,82)(H,60,81)(H,62,80)(H,63,83)(H3,55,57,61). The first-order valence-electron chi connectivity index (χ1n) is 27.8. The maximum atomic E-state index is 14.9. The molecule has 5 saturated heterocycles. The molecule has 0 aromatic heterocycles. The number of aliphatic hydroxyl groups is 14. The predicted molar refractivity (Wildman–Crippen MR) is 295 cm³/mol. The Labute approximate surface area is 500 Å². The topological polar surface area (TPSA) is 602 Å². The molecule has 489 valence electrons. The third-order valence-corrected chi connectivity index (χ3v) is 15.9. The Balaban J connectivity index is 1.16. The van der Waals surface area contributed by atoms with E-state index in [1.165, 1.54) is 24.5 Å². The second kappa shape index (κ2) is 30.3. The van der Waals surface area contributed by atoms with E-state index in [0.29, 0.717) is 5.56 Å². The Bertz CT molecular complexity index is 2730.